The molecule has 0 bridgehead atoms. The molecule has 2 aromatic carbocycles. The molecule has 2 aromatic rings. The van der Waals surface area contributed by atoms with E-state index in [0.717, 1.165) is 5.56 Å². The van der Waals surface area contributed by atoms with Crippen molar-refractivity contribution < 1.29 is 9.59 Å². The Morgan fingerprint density at radius 2 is 1.88 bits per heavy atom. The average Bonchev–Trinajstić information content (AvgIpc) is 3.00. The molecule has 1 N–H and O–H groups in total. The predicted molar refractivity (Wildman–Crippen MR) is 99.8 cm³/mol. The van der Waals surface area contributed by atoms with Crippen LogP contribution in [-0.4, -0.2) is 23.3 Å². The van der Waals surface area contributed by atoms with Crippen molar-refractivity contribution in [3.63, 3.8) is 0 Å². The van der Waals surface area contributed by atoms with Gasteiger partial charge < -0.3 is 10.2 Å². The first-order valence-electron chi connectivity index (χ1n) is 8.06. The van der Waals surface area contributed by atoms with Crippen molar-refractivity contribution in [3.8, 4) is 0 Å². The molecule has 0 spiro atoms. The third-order valence-electron chi connectivity index (χ3n) is 4.47. The van der Waals surface area contributed by atoms with Gasteiger partial charge in [-0.2, -0.15) is 0 Å². The van der Waals surface area contributed by atoms with E-state index in [0.29, 0.717) is 22.3 Å². The summed E-state index contributed by atoms with van der Waals surface area (Å²) in [7, 11) is 0. The van der Waals surface area contributed by atoms with Crippen LogP contribution in [-0.2, 0) is 9.59 Å². The first kappa shape index (κ1) is 17.8. The van der Waals surface area contributed by atoms with Crippen molar-refractivity contribution in [3.05, 3.63) is 64.1 Å². The second-order valence-corrected chi connectivity index (χ2v) is 6.97. The van der Waals surface area contributed by atoms with Crippen molar-refractivity contribution in [1.29, 1.82) is 0 Å². The SMILES string of the molecule is C[C@@H](c1ccccc1)N1C[C@@H](C(=O)Nc2ccc(Cl)c(Cl)c2)CC1=O. The molecule has 2 atom stereocenters. The standard InChI is InChI=1S/C19H18Cl2N2O2/c1-12(13-5-3-2-4-6-13)23-11-14(9-18(23)24)19(25)22-15-7-8-16(20)17(21)10-15/h2-8,10,12,14H,9,11H2,1H3,(H,22,25)/t12-,14-/m0/s1. The largest absolute Gasteiger partial charge is 0.335 e. The first-order valence-corrected chi connectivity index (χ1v) is 8.81. The molecule has 1 aliphatic rings. The van der Waals surface area contributed by atoms with Gasteiger partial charge in [0.1, 0.15) is 0 Å². The molecule has 1 saturated heterocycles. The van der Waals surface area contributed by atoms with Gasteiger partial charge >= 0.3 is 0 Å². The van der Waals surface area contributed by atoms with Gasteiger partial charge in [0.05, 0.1) is 22.0 Å². The van der Waals surface area contributed by atoms with Gasteiger partial charge in [-0.3, -0.25) is 9.59 Å². The number of nitrogens with zero attached hydrogens (tertiary/aromatic N) is 1. The molecule has 0 aliphatic carbocycles. The number of hydrogen-bond donors (Lipinski definition) is 1. The highest BCUT2D eigenvalue weighted by Gasteiger charge is 2.37. The smallest absolute Gasteiger partial charge is 0.229 e. The van der Waals surface area contributed by atoms with Gasteiger partial charge in [0.15, 0.2) is 0 Å². The molecule has 2 amide bonds. The van der Waals surface area contributed by atoms with E-state index in [1.54, 1.807) is 23.1 Å². The summed E-state index contributed by atoms with van der Waals surface area (Å²) in [5.41, 5.74) is 1.63. The van der Waals surface area contributed by atoms with Crippen LogP contribution in [0.4, 0.5) is 5.69 Å². The van der Waals surface area contributed by atoms with Gasteiger partial charge in [0.2, 0.25) is 11.8 Å². The summed E-state index contributed by atoms with van der Waals surface area (Å²) in [5, 5.41) is 3.62. The molecule has 130 valence electrons. The van der Waals surface area contributed by atoms with Crippen LogP contribution >= 0.6 is 23.2 Å². The third kappa shape index (κ3) is 3.97. The Balaban J connectivity index is 1.67. The van der Waals surface area contributed by atoms with Crippen LogP contribution in [0, 0.1) is 5.92 Å². The predicted octanol–water partition coefficient (Wildman–Crippen LogP) is 4.54. The van der Waals surface area contributed by atoms with Gasteiger partial charge in [-0.05, 0) is 30.7 Å². The lowest BCUT2D eigenvalue weighted by Gasteiger charge is -2.25. The van der Waals surface area contributed by atoms with Crippen molar-refractivity contribution in [2.24, 2.45) is 5.92 Å². The van der Waals surface area contributed by atoms with Gasteiger partial charge in [-0.15, -0.1) is 0 Å². The summed E-state index contributed by atoms with van der Waals surface area (Å²) in [6.45, 7) is 2.38. The molecule has 6 heteroatoms. The number of rotatable bonds is 4. The quantitative estimate of drug-likeness (QED) is 0.851. The maximum absolute atomic E-state index is 12.5. The number of carbonyl (C=O) groups is 2. The number of carbonyl (C=O) groups excluding carboxylic acids is 2. The van der Waals surface area contributed by atoms with Crippen LogP contribution in [0.5, 0.6) is 0 Å². The molecule has 0 aromatic heterocycles. The Morgan fingerprint density at radius 3 is 2.56 bits per heavy atom. The van der Waals surface area contributed by atoms with Crippen molar-refractivity contribution in [2.75, 3.05) is 11.9 Å². The fraction of sp³-hybridized carbons (Fsp3) is 0.263. The number of nitrogens with one attached hydrogen (secondary N) is 1. The Hall–Kier alpha value is -2.04. The summed E-state index contributed by atoms with van der Waals surface area (Å²) in [4.78, 5) is 26.6. The van der Waals surface area contributed by atoms with Crippen LogP contribution < -0.4 is 5.32 Å². The number of amides is 2. The van der Waals surface area contributed by atoms with E-state index in [2.05, 4.69) is 5.32 Å². The summed E-state index contributed by atoms with van der Waals surface area (Å²) in [6, 6.07) is 14.7. The summed E-state index contributed by atoms with van der Waals surface area (Å²) >= 11 is 11.8. The fourth-order valence-corrected chi connectivity index (χ4v) is 3.31. The highest BCUT2D eigenvalue weighted by molar-refractivity contribution is 6.42. The van der Waals surface area contributed by atoms with Gasteiger partial charge in [-0.25, -0.2) is 0 Å². The van der Waals surface area contributed by atoms with E-state index in [-0.39, 0.29) is 30.2 Å². The number of hydrogen-bond acceptors (Lipinski definition) is 2. The van der Waals surface area contributed by atoms with Crippen molar-refractivity contribution >= 4 is 40.7 Å². The van der Waals surface area contributed by atoms with Gasteiger partial charge in [0.25, 0.3) is 0 Å². The van der Waals surface area contributed by atoms with Crippen molar-refractivity contribution in [1.82, 2.24) is 4.90 Å². The fourth-order valence-electron chi connectivity index (χ4n) is 3.01. The zero-order chi connectivity index (χ0) is 18.0. The molecule has 0 radical (unpaired) electrons. The number of benzene rings is 2. The minimum absolute atomic E-state index is 0.00867. The van der Waals surface area contributed by atoms with Gasteiger partial charge in [0, 0.05) is 18.7 Å². The van der Waals surface area contributed by atoms with E-state index in [4.69, 9.17) is 23.2 Å². The van der Waals surface area contributed by atoms with Crippen LogP contribution in [0.3, 0.4) is 0 Å². The number of likely N-dealkylation sites (tertiary alicyclic amines) is 1. The second kappa shape index (κ2) is 7.46. The molecular weight excluding hydrogens is 359 g/mol. The normalized spacial score (nSPS) is 18.3. The highest BCUT2D eigenvalue weighted by Crippen LogP contribution is 2.30. The average molecular weight is 377 g/mol. The molecule has 25 heavy (non-hydrogen) atoms. The van der Waals surface area contributed by atoms with Crippen LogP contribution in [0.15, 0.2) is 48.5 Å². The van der Waals surface area contributed by atoms with Gasteiger partial charge in [-0.1, -0.05) is 53.5 Å². The molecule has 1 fully saturated rings. The lowest BCUT2D eigenvalue weighted by Crippen LogP contribution is -2.30. The van der Waals surface area contributed by atoms with Crippen LogP contribution in [0.25, 0.3) is 0 Å². The molecule has 1 heterocycles. The zero-order valence-electron chi connectivity index (χ0n) is 13.7. The maximum Gasteiger partial charge on any atom is 0.229 e. The lowest BCUT2D eigenvalue weighted by atomic mass is 10.1. The first-order chi connectivity index (χ1) is 12.0. The lowest BCUT2D eigenvalue weighted by molar-refractivity contribution is -0.129. The number of halogens is 2. The molecule has 4 nitrogen and oxygen atoms in total. The topological polar surface area (TPSA) is 49.4 Å². The van der Waals surface area contributed by atoms with Crippen molar-refractivity contribution in [2.45, 2.75) is 19.4 Å². The minimum atomic E-state index is -0.381. The summed E-state index contributed by atoms with van der Waals surface area (Å²) in [5.74, 6) is -0.576. The maximum atomic E-state index is 12.5. The van der Waals surface area contributed by atoms with E-state index >= 15 is 0 Å². The molecule has 0 saturated carbocycles. The Kier molecular flexibility index (Phi) is 5.30. The Morgan fingerprint density at radius 1 is 1.16 bits per heavy atom. The van der Waals surface area contributed by atoms with E-state index in [1.807, 2.05) is 37.3 Å². The van der Waals surface area contributed by atoms with E-state index < -0.39 is 0 Å². The minimum Gasteiger partial charge on any atom is -0.335 e. The molecule has 3 rings (SSSR count). The summed E-state index contributed by atoms with van der Waals surface area (Å²) in [6.07, 6.45) is 0.213. The Labute approximate surface area is 156 Å². The molecular formula is C19H18Cl2N2O2. The van der Waals surface area contributed by atoms with E-state index in [1.165, 1.54) is 0 Å². The molecule has 1 aliphatic heterocycles. The highest BCUT2D eigenvalue weighted by atomic mass is 35.5. The monoisotopic (exact) mass is 376 g/mol. The second-order valence-electron chi connectivity index (χ2n) is 6.15. The van der Waals surface area contributed by atoms with E-state index in [9.17, 15) is 9.59 Å². The van der Waals surface area contributed by atoms with Crippen LogP contribution in [0.1, 0.15) is 24.9 Å². The zero-order valence-corrected chi connectivity index (χ0v) is 15.2. The molecule has 0 unspecified atom stereocenters. The number of anilines is 1. The Bertz CT molecular complexity index is 795. The third-order valence-corrected chi connectivity index (χ3v) is 5.20. The van der Waals surface area contributed by atoms with Crippen LogP contribution in [0.2, 0.25) is 10.0 Å². The summed E-state index contributed by atoms with van der Waals surface area (Å²) < 4.78 is 0.